The number of rotatable bonds is 5. The van der Waals surface area contributed by atoms with Crippen LogP contribution in [-0.4, -0.2) is 6.04 Å². The molecule has 2 aliphatic carbocycles. The van der Waals surface area contributed by atoms with E-state index < -0.39 is 0 Å². The molecule has 0 spiro atoms. The quantitative estimate of drug-likeness (QED) is 0.817. The molecule has 0 amide bonds. The van der Waals surface area contributed by atoms with Crippen LogP contribution in [0.1, 0.15) is 56.4 Å². The first-order chi connectivity index (χ1) is 8.36. The highest BCUT2D eigenvalue weighted by Gasteiger charge is 2.40. The Kier molecular flexibility index (Phi) is 3.53. The van der Waals surface area contributed by atoms with Crippen LogP contribution in [0.25, 0.3) is 0 Å². The molecule has 17 heavy (non-hydrogen) atoms. The van der Waals surface area contributed by atoms with Gasteiger partial charge in [0.15, 0.2) is 0 Å². The molecule has 0 radical (unpaired) electrons. The Labute approximate surface area is 109 Å². The number of thiophene rings is 1. The zero-order chi connectivity index (χ0) is 11.7. The summed E-state index contributed by atoms with van der Waals surface area (Å²) in [7, 11) is 0. The van der Waals surface area contributed by atoms with Gasteiger partial charge in [-0.3, -0.25) is 0 Å². The van der Waals surface area contributed by atoms with Gasteiger partial charge in [0.25, 0.3) is 0 Å². The van der Waals surface area contributed by atoms with Crippen LogP contribution in [0, 0.1) is 11.8 Å². The lowest BCUT2D eigenvalue weighted by molar-refractivity contribution is 0.313. The predicted octanol–water partition coefficient (Wildman–Crippen LogP) is 4.37. The lowest BCUT2D eigenvalue weighted by Gasteiger charge is -2.28. The number of hydrogen-bond acceptors (Lipinski definition) is 2. The van der Waals surface area contributed by atoms with Crippen molar-refractivity contribution in [1.82, 2.24) is 5.32 Å². The fourth-order valence-corrected chi connectivity index (χ4v) is 4.61. The van der Waals surface area contributed by atoms with Crippen LogP contribution in [0.2, 0.25) is 0 Å². The van der Waals surface area contributed by atoms with Crippen molar-refractivity contribution >= 4 is 11.3 Å². The monoisotopic (exact) mass is 249 g/mol. The van der Waals surface area contributed by atoms with E-state index in [0.717, 1.165) is 17.9 Å². The second-order valence-corrected chi connectivity index (χ2v) is 6.78. The van der Waals surface area contributed by atoms with Gasteiger partial charge in [0.2, 0.25) is 0 Å². The lowest BCUT2D eigenvalue weighted by Crippen LogP contribution is -2.36. The van der Waals surface area contributed by atoms with Gasteiger partial charge in [-0.1, -0.05) is 25.8 Å². The van der Waals surface area contributed by atoms with Gasteiger partial charge in [-0.2, -0.15) is 0 Å². The third kappa shape index (κ3) is 2.43. The summed E-state index contributed by atoms with van der Waals surface area (Å²) in [5.41, 5.74) is 0. The molecule has 2 bridgehead atoms. The molecule has 2 fully saturated rings. The second kappa shape index (κ2) is 5.11. The first-order valence-corrected chi connectivity index (χ1v) is 8.04. The fourth-order valence-electron chi connectivity index (χ4n) is 3.79. The maximum absolute atomic E-state index is 3.96. The largest absolute Gasteiger partial charge is 0.306 e. The molecular weight excluding hydrogens is 226 g/mol. The molecule has 0 aromatic carbocycles. The van der Waals surface area contributed by atoms with E-state index in [1.54, 1.807) is 0 Å². The van der Waals surface area contributed by atoms with Gasteiger partial charge < -0.3 is 5.32 Å². The van der Waals surface area contributed by atoms with E-state index in [9.17, 15) is 0 Å². The van der Waals surface area contributed by atoms with Crippen LogP contribution in [0.5, 0.6) is 0 Å². The zero-order valence-corrected chi connectivity index (χ0v) is 11.5. The Bertz CT molecular complexity index is 346. The summed E-state index contributed by atoms with van der Waals surface area (Å²) in [5.74, 6) is 2.03. The molecule has 2 aliphatic rings. The summed E-state index contributed by atoms with van der Waals surface area (Å²) in [6, 6.07) is 5.91. The highest BCUT2D eigenvalue weighted by Crippen LogP contribution is 2.45. The molecular formula is C15H23NS. The Balaban J connectivity index is 1.65. The van der Waals surface area contributed by atoms with Crippen LogP contribution >= 0.6 is 11.3 Å². The van der Waals surface area contributed by atoms with Gasteiger partial charge in [0, 0.05) is 17.0 Å². The van der Waals surface area contributed by atoms with Crippen LogP contribution in [0.15, 0.2) is 17.5 Å². The topological polar surface area (TPSA) is 12.0 Å². The molecule has 1 aromatic rings. The third-order valence-corrected chi connectivity index (χ3v) is 5.60. The van der Waals surface area contributed by atoms with E-state index in [0.29, 0.717) is 6.04 Å². The number of nitrogens with one attached hydrogen (secondary N) is 1. The van der Waals surface area contributed by atoms with Crippen molar-refractivity contribution < 1.29 is 0 Å². The lowest BCUT2D eigenvalue weighted by atomic mass is 9.94. The predicted molar refractivity (Wildman–Crippen MR) is 74.3 cm³/mol. The first kappa shape index (κ1) is 11.7. The van der Waals surface area contributed by atoms with Gasteiger partial charge in [-0.05, 0) is 49.0 Å². The van der Waals surface area contributed by atoms with Crippen molar-refractivity contribution in [2.24, 2.45) is 11.8 Å². The van der Waals surface area contributed by atoms with Crippen LogP contribution in [0.4, 0.5) is 0 Å². The van der Waals surface area contributed by atoms with Crippen molar-refractivity contribution in [2.75, 3.05) is 0 Å². The molecule has 0 saturated heterocycles. The van der Waals surface area contributed by atoms with Gasteiger partial charge in [-0.25, -0.2) is 0 Å². The highest BCUT2D eigenvalue weighted by atomic mass is 32.1. The normalized spacial score (nSPS) is 33.1. The molecule has 4 unspecified atom stereocenters. The molecule has 2 heteroatoms. The minimum atomic E-state index is 0.615. The smallest absolute Gasteiger partial charge is 0.0416 e. The Morgan fingerprint density at radius 3 is 2.94 bits per heavy atom. The summed E-state index contributed by atoms with van der Waals surface area (Å²) in [6.07, 6.45) is 8.48. The van der Waals surface area contributed by atoms with Gasteiger partial charge in [0.05, 0.1) is 0 Å². The maximum atomic E-state index is 3.96. The van der Waals surface area contributed by atoms with Crippen molar-refractivity contribution in [3.05, 3.63) is 22.4 Å². The number of fused-ring (bicyclic) bond motifs is 2. The van der Waals surface area contributed by atoms with E-state index in [1.807, 2.05) is 11.3 Å². The van der Waals surface area contributed by atoms with E-state index in [2.05, 4.69) is 29.8 Å². The Morgan fingerprint density at radius 1 is 1.41 bits per heavy atom. The van der Waals surface area contributed by atoms with E-state index in [-0.39, 0.29) is 0 Å². The zero-order valence-electron chi connectivity index (χ0n) is 10.7. The molecule has 94 valence electrons. The van der Waals surface area contributed by atoms with Gasteiger partial charge >= 0.3 is 0 Å². The molecule has 4 atom stereocenters. The standard InChI is InChI=1S/C15H23NS/c1-2-4-13(15-5-3-8-17-15)16-14-10-11-6-7-12(14)9-11/h3,5,8,11-14,16H,2,4,6-7,9-10H2,1H3. The molecule has 2 saturated carbocycles. The van der Waals surface area contributed by atoms with Crippen LogP contribution in [0.3, 0.4) is 0 Å². The van der Waals surface area contributed by atoms with E-state index in [4.69, 9.17) is 0 Å². The Hall–Kier alpha value is -0.340. The van der Waals surface area contributed by atoms with Gasteiger partial charge in [0.1, 0.15) is 0 Å². The van der Waals surface area contributed by atoms with Crippen molar-refractivity contribution in [2.45, 2.75) is 57.5 Å². The van der Waals surface area contributed by atoms with Crippen molar-refractivity contribution in [1.29, 1.82) is 0 Å². The maximum Gasteiger partial charge on any atom is 0.0416 e. The average molecular weight is 249 g/mol. The summed E-state index contributed by atoms with van der Waals surface area (Å²) in [6.45, 7) is 2.29. The SMILES string of the molecule is CCCC(NC1CC2CCC1C2)c1cccs1. The van der Waals surface area contributed by atoms with E-state index in [1.165, 1.54) is 43.4 Å². The van der Waals surface area contributed by atoms with Crippen molar-refractivity contribution in [3.8, 4) is 0 Å². The van der Waals surface area contributed by atoms with Crippen molar-refractivity contribution in [3.63, 3.8) is 0 Å². The number of hydrogen-bond donors (Lipinski definition) is 1. The van der Waals surface area contributed by atoms with Crippen LogP contribution < -0.4 is 5.32 Å². The summed E-state index contributed by atoms with van der Waals surface area (Å²) in [4.78, 5) is 1.54. The highest BCUT2D eigenvalue weighted by molar-refractivity contribution is 7.10. The van der Waals surface area contributed by atoms with E-state index >= 15 is 0 Å². The summed E-state index contributed by atoms with van der Waals surface area (Å²) < 4.78 is 0. The van der Waals surface area contributed by atoms with Crippen LogP contribution in [-0.2, 0) is 0 Å². The fraction of sp³-hybridized carbons (Fsp3) is 0.733. The average Bonchev–Trinajstić information content (AvgIpc) is 3.06. The summed E-state index contributed by atoms with van der Waals surface area (Å²) in [5, 5.41) is 6.17. The minimum Gasteiger partial charge on any atom is -0.306 e. The third-order valence-electron chi connectivity index (χ3n) is 4.62. The first-order valence-electron chi connectivity index (χ1n) is 7.16. The molecule has 3 rings (SSSR count). The molecule has 1 N–H and O–H groups in total. The van der Waals surface area contributed by atoms with Gasteiger partial charge in [-0.15, -0.1) is 11.3 Å². The Morgan fingerprint density at radius 2 is 2.35 bits per heavy atom. The minimum absolute atomic E-state index is 0.615. The molecule has 1 aromatic heterocycles. The molecule has 1 heterocycles. The molecule has 0 aliphatic heterocycles. The molecule has 1 nitrogen and oxygen atoms in total. The summed E-state index contributed by atoms with van der Waals surface area (Å²) >= 11 is 1.91. The second-order valence-electron chi connectivity index (χ2n) is 5.80.